The number of ether oxygens (including phenoxy) is 2. The molecule has 0 saturated heterocycles. The lowest BCUT2D eigenvalue weighted by Gasteiger charge is -2.17. The number of rotatable bonds is 7. The van der Waals surface area contributed by atoms with Crippen molar-refractivity contribution >= 4 is 33.2 Å². The average molecular weight is 402 g/mol. The van der Waals surface area contributed by atoms with Gasteiger partial charge in [-0.3, -0.25) is 10.1 Å². The van der Waals surface area contributed by atoms with E-state index in [4.69, 9.17) is 9.47 Å². The van der Waals surface area contributed by atoms with Crippen LogP contribution in [0.1, 0.15) is 5.56 Å². The number of aromatic amines is 1. The third kappa shape index (κ3) is 3.71. The van der Waals surface area contributed by atoms with Gasteiger partial charge in [0.05, 0.1) is 30.1 Å². The highest BCUT2D eigenvalue weighted by Crippen LogP contribution is 2.39. The van der Waals surface area contributed by atoms with E-state index >= 15 is 0 Å². The van der Waals surface area contributed by atoms with Gasteiger partial charge in [0.2, 0.25) is 0 Å². The fourth-order valence-electron chi connectivity index (χ4n) is 3.25. The molecule has 0 fully saturated rings. The summed E-state index contributed by atoms with van der Waals surface area (Å²) in [6.07, 6.45) is 3.32. The molecule has 4 aromatic rings. The molecule has 2 heterocycles. The Morgan fingerprint density at radius 3 is 2.83 bits per heavy atom. The van der Waals surface area contributed by atoms with E-state index in [2.05, 4.69) is 26.6 Å². The van der Waals surface area contributed by atoms with Gasteiger partial charge in [-0.1, -0.05) is 0 Å². The first-order chi connectivity index (χ1) is 14.6. The second kappa shape index (κ2) is 8.27. The number of hydrogen-bond donors (Lipinski definition) is 2. The van der Waals surface area contributed by atoms with Crippen molar-refractivity contribution in [3.05, 3.63) is 48.3 Å². The summed E-state index contributed by atoms with van der Waals surface area (Å²) in [6, 6.07) is 11.8. The molecule has 4 rings (SSSR count). The SMILES string of the molecule is COc1c(OCCN(C)C)ccc2c(Nc3ccc4cn[nH]c4c3)c(C#N)cnc12. The van der Waals surface area contributed by atoms with Gasteiger partial charge in [0.25, 0.3) is 0 Å². The van der Waals surface area contributed by atoms with Crippen molar-refractivity contribution in [1.29, 1.82) is 5.26 Å². The zero-order chi connectivity index (χ0) is 21.1. The number of nitrogens with zero attached hydrogens (tertiary/aromatic N) is 4. The Hall–Kier alpha value is -3.83. The van der Waals surface area contributed by atoms with Gasteiger partial charge >= 0.3 is 0 Å². The zero-order valence-corrected chi connectivity index (χ0v) is 17.1. The van der Waals surface area contributed by atoms with Crippen LogP contribution in [0.15, 0.2) is 42.7 Å². The fraction of sp³-hybridized carbons (Fsp3) is 0.227. The van der Waals surface area contributed by atoms with E-state index in [1.807, 2.05) is 49.3 Å². The Balaban J connectivity index is 1.76. The van der Waals surface area contributed by atoms with E-state index in [1.165, 1.54) is 0 Å². The minimum absolute atomic E-state index is 0.440. The first-order valence-corrected chi connectivity index (χ1v) is 9.48. The second-order valence-corrected chi connectivity index (χ2v) is 7.10. The van der Waals surface area contributed by atoms with E-state index in [0.717, 1.165) is 28.5 Å². The summed E-state index contributed by atoms with van der Waals surface area (Å²) in [6.45, 7) is 1.31. The van der Waals surface area contributed by atoms with Gasteiger partial charge in [0.1, 0.15) is 18.2 Å². The minimum Gasteiger partial charge on any atom is -0.491 e. The highest BCUT2D eigenvalue weighted by Gasteiger charge is 2.17. The Labute approximate surface area is 174 Å². The van der Waals surface area contributed by atoms with Gasteiger partial charge < -0.3 is 19.7 Å². The first kappa shape index (κ1) is 19.5. The number of hydrogen-bond acceptors (Lipinski definition) is 7. The van der Waals surface area contributed by atoms with Crippen LogP contribution in [0, 0.1) is 11.3 Å². The molecule has 0 bridgehead atoms. The lowest BCUT2D eigenvalue weighted by Crippen LogP contribution is -2.19. The van der Waals surface area contributed by atoms with Gasteiger partial charge in [-0.2, -0.15) is 10.4 Å². The molecule has 0 radical (unpaired) electrons. The Bertz CT molecular complexity index is 1240. The van der Waals surface area contributed by atoms with Crippen molar-refractivity contribution in [1.82, 2.24) is 20.1 Å². The molecule has 0 atom stereocenters. The minimum atomic E-state index is 0.440. The first-order valence-electron chi connectivity index (χ1n) is 9.48. The average Bonchev–Trinajstić information content (AvgIpc) is 3.21. The molecule has 0 aliphatic carbocycles. The van der Waals surface area contributed by atoms with E-state index in [0.29, 0.717) is 34.9 Å². The number of pyridine rings is 1. The van der Waals surface area contributed by atoms with Crippen LogP contribution in [0.4, 0.5) is 11.4 Å². The second-order valence-electron chi connectivity index (χ2n) is 7.10. The maximum atomic E-state index is 9.64. The molecule has 0 aliphatic heterocycles. The molecule has 8 nitrogen and oxygen atoms in total. The number of nitriles is 1. The lowest BCUT2D eigenvalue weighted by atomic mass is 10.1. The van der Waals surface area contributed by atoms with Crippen molar-refractivity contribution < 1.29 is 9.47 Å². The van der Waals surface area contributed by atoms with Gasteiger partial charge in [-0.15, -0.1) is 0 Å². The Morgan fingerprint density at radius 1 is 1.20 bits per heavy atom. The number of anilines is 2. The van der Waals surface area contributed by atoms with Gasteiger partial charge in [-0.25, -0.2) is 0 Å². The number of likely N-dealkylation sites (N-methyl/N-ethyl adjacent to an activating group) is 1. The number of benzene rings is 2. The van der Waals surface area contributed by atoms with Crippen molar-refractivity contribution in [2.45, 2.75) is 0 Å². The number of aromatic nitrogens is 3. The van der Waals surface area contributed by atoms with Crippen LogP contribution in [0.5, 0.6) is 11.5 Å². The molecule has 152 valence electrons. The summed E-state index contributed by atoms with van der Waals surface area (Å²) in [5, 5.41) is 21.8. The molecular formula is C22H22N6O2. The molecular weight excluding hydrogens is 380 g/mol. The summed E-state index contributed by atoms with van der Waals surface area (Å²) < 4.78 is 11.5. The van der Waals surface area contributed by atoms with Crippen LogP contribution < -0.4 is 14.8 Å². The molecule has 8 heteroatoms. The fourth-order valence-corrected chi connectivity index (χ4v) is 3.25. The summed E-state index contributed by atoms with van der Waals surface area (Å²) in [4.78, 5) is 6.52. The Kier molecular flexibility index (Phi) is 5.37. The highest BCUT2D eigenvalue weighted by atomic mass is 16.5. The van der Waals surface area contributed by atoms with Crippen molar-refractivity contribution in [2.75, 3.05) is 39.7 Å². The van der Waals surface area contributed by atoms with Crippen molar-refractivity contribution in [3.63, 3.8) is 0 Å². The molecule has 0 unspecified atom stereocenters. The van der Waals surface area contributed by atoms with Crippen LogP contribution >= 0.6 is 0 Å². The van der Waals surface area contributed by atoms with Crippen molar-refractivity contribution in [3.8, 4) is 17.6 Å². The summed E-state index contributed by atoms with van der Waals surface area (Å²) in [7, 11) is 5.57. The molecule has 2 aromatic carbocycles. The molecule has 30 heavy (non-hydrogen) atoms. The molecule has 2 N–H and O–H groups in total. The monoisotopic (exact) mass is 402 g/mol. The van der Waals surface area contributed by atoms with E-state index < -0.39 is 0 Å². The van der Waals surface area contributed by atoms with E-state index in [-0.39, 0.29) is 0 Å². The van der Waals surface area contributed by atoms with Crippen molar-refractivity contribution in [2.24, 2.45) is 0 Å². The normalized spacial score (nSPS) is 11.0. The summed E-state index contributed by atoms with van der Waals surface area (Å²) in [5.74, 6) is 1.16. The lowest BCUT2D eigenvalue weighted by molar-refractivity contribution is 0.251. The van der Waals surface area contributed by atoms with E-state index in [1.54, 1.807) is 19.5 Å². The van der Waals surface area contributed by atoms with Crippen LogP contribution in [-0.2, 0) is 0 Å². The summed E-state index contributed by atoms with van der Waals surface area (Å²) >= 11 is 0. The van der Waals surface area contributed by atoms with Crippen LogP contribution in [0.3, 0.4) is 0 Å². The van der Waals surface area contributed by atoms with Gasteiger partial charge in [-0.05, 0) is 44.4 Å². The number of fused-ring (bicyclic) bond motifs is 2. The van der Waals surface area contributed by atoms with Crippen LogP contribution in [-0.4, -0.2) is 54.4 Å². The number of H-pyrrole nitrogens is 1. The standard InChI is InChI=1S/C22H22N6O2/c1-28(2)8-9-30-19-7-6-17-20(15(11-23)12-24-21(17)22(19)29-3)26-16-5-4-14-13-25-27-18(14)10-16/h4-7,10,12-13H,8-9H2,1-3H3,(H,24,26)(H,25,27). The Morgan fingerprint density at radius 2 is 2.07 bits per heavy atom. The largest absolute Gasteiger partial charge is 0.491 e. The van der Waals surface area contributed by atoms with E-state index in [9.17, 15) is 5.26 Å². The predicted molar refractivity (Wildman–Crippen MR) is 116 cm³/mol. The number of nitrogens with one attached hydrogen (secondary N) is 2. The van der Waals surface area contributed by atoms with Gasteiger partial charge in [0.15, 0.2) is 11.5 Å². The maximum Gasteiger partial charge on any atom is 0.187 e. The predicted octanol–water partition coefficient (Wildman–Crippen LogP) is 3.68. The third-order valence-electron chi connectivity index (χ3n) is 4.79. The third-order valence-corrected chi connectivity index (χ3v) is 4.79. The molecule has 0 amide bonds. The topological polar surface area (TPSA) is 99.1 Å². The number of methoxy groups -OCH3 is 1. The smallest absolute Gasteiger partial charge is 0.187 e. The quantitative estimate of drug-likeness (QED) is 0.486. The highest BCUT2D eigenvalue weighted by molar-refractivity contribution is 6.00. The van der Waals surface area contributed by atoms with Crippen LogP contribution in [0.2, 0.25) is 0 Å². The molecule has 0 saturated carbocycles. The molecule has 2 aromatic heterocycles. The maximum absolute atomic E-state index is 9.64. The molecule has 0 aliphatic rings. The summed E-state index contributed by atoms with van der Waals surface area (Å²) in [5.41, 5.74) is 3.48. The van der Waals surface area contributed by atoms with Gasteiger partial charge in [0, 0.05) is 29.2 Å². The molecule has 0 spiro atoms. The van der Waals surface area contributed by atoms with Crippen LogP contribution in [0.25, 0.3) is 21.8 Å². The zero-order valence-electron chi connectivity index (χ0n) is 17.1.